The predicted octanol–water partition coefficient (Wildman–Crippen LogP) is 4.53. The molecule has 0 aromatic heterocycles. The van der Waals surface area contributed by atoms with E-state index in [4.69, 9.17) is 21.1 Å². The molecule has 1 unspecified atom stereocenters. The highest BCUT2D eigenvalue weighted by Crippen LogP contribution is 2.33. The standard InChI is InChI=1S/C17H19ClO2/c1-12-7-8-17(20-3)15(9-12)16(18)11-13-5-4-6-14(10-13)19-2/h4-10,16H,11H2,1-3H3. The summed E-state index contributed by atoms with van der Waals surface area (Å²) in [5.41, 5.74) is 3.35. The van der Waals surface area contributed by atoms with E-state index in [0.717, 1.165) is 29.0 Å². The van der Waals surface area contributed by atoms with Gasteiger partial charge in [-0.25, -0.2) is 0 Å². The molecule has 0 aliphatic rings. The summed E-state index contributed by atoms with van der Waals surface area (Å²) >= 11 is 6.57. The van der Waals surface area contributed by atoms with Crippen LogP contribution in [0.3, 0.4) is 0 Å². The highest BCUT2D eigenvalue weighted by molar-refractivity contribution is 6.21. The monoisotopic (exact) mass is 290 g/mol. The number of rotatable bonds is 5. The third-order valence-corrected chi connectivity index (χ3v) is 3.66. The predicted molar refractivity (Wildman–Crippen MR) is 83.0 cm³/mol. The molecule has 0 amide bonds. The Morgan fingerprint density at radius 1 is 1.05 bits per heavy atom. The second-order valence-electron chi connectivity index (χ2n) is 4.77. The molecule has 0 aliphatic heterocycles. The van der Waals surface area contributed by atoms with Gasteiger partial charge in [0.15, 0.2) is 0 Å². The third-order valence-electron chi connectivity index (χ3n) is 3.27. The van der Waals surface area contributed by atoms with Crippen LogP contribution in [0.2, 0.25) is 0 Å². The van der Waals surface area contributed by atoms with Crippen LogP contribution in [0.25, 0.3) is 0 Å². The Bertz CT molecular complexity index is 581. The smallest absolute Gasteiger partial charge is 0.123 e. The van der Waals surface area contributed by atoms with Gasteiger partial charge in [0.2, 0.25) is 0 Å². The summed E-state index contributed by atoms with van der Waals surface area (Å²) in [6.45, 7) is 2.05. The molecule has 0 fully saturated rings. The van der Waals surface area contributed by atoms with Gasteiger partial charge in [-0.2, -0.15) is 0 Å². The Morgan fingerprint density at radius 3 is 2.55 bits per heavy atom. The number of hydrogen-bond donors (Lipinski definition) is 0. The van der Waals surface area contributed by atoms with Crippen LogP contribution >= 0.6 is 11.6 Å². The van der Waals surface area contributed by atoms with Crippen LogP contribution in [0, 0.1) is 6.92 Å². The highest BCUT2D eigenvalue weighted by Gasteiger charge is 2.14. The summed E-state index contributed by atoms with van der Waals surface area (Å²) in [4.78, 5) is 0. The summed E-state index contributed by atoms with van der Waals surface area (Å²) < 4.78 is 10.6. The van der Waals surface area contributed by atoms with Crippen molar-refractivity contribution < 1.29 is 9.47 Å². The number of benzene rings is 2. The van der Waals surface area contributed by atoms with Gasteiger partial charge in [0.05, 0.1) is 19.6 Å². The SMILES string of the molecule is COc1cccc(CC(Cl)c2cc(C)ccc2OC)c1. The summed E-state index contributed by atoms with van der Waals surface area (Å²) in [5, 5.41) is -0.128. The van der Waals surface area contributed by atoms with E-state index in [-0.39, 0.29) is 5.38 Å². The average molecular weight is 291 g/mol. The van der Waals surface area contributed by atoms with E-state index in [1.165, 1.54) is 5.56 Å². The first-order chi connectivity index (χ1) is 9.63. The molecule has 0 aliphatic carbocycles. The quantitative estimate of drug-likeness (QED) is 0.753. The van der Waals surface area contributed by atoms with Crippen LogP contribution in [0.5, 0.6) is 11.5 Å². The van der Waals surface area contributed by atoms with Gasteiger partial charge in [-0.3, -0.25) is 0 Å². The van der Waals surface area contributed by atoms with Gasteiger partial charge in [-0.05, 0) is 37.1 Å². The molecule has 20 heavy (non-hydrogen) atoms. The van der Waals surface area contributed by atoms with Gasteiger partial charge >= 0.3 is 0 Å². The molecule has 2 rings (SSSR count). The third kappa shape index (κ3) is 3.45. The summed E-state index contributed by atoms with van der Waals surface area (Å²) in [5.74, 6) is 1.68. The lowest BCUT2D eigenvalue weighted by Gasteiger charge is -2.15. The van der Waals surface area contributed by atoms with Crippen molar-refractivity contribution in [2.24, 2.45) is 0 Å². The molecule has 2 aromatic carbocycles. The molecular formula is C17H19ClO2. The molecular weight excluding hydrogens is 272 g/mol. The minimum atomic E-state index is -0.128. The number of aryl methyl sites for hydroxylation is 1. The van der Waals surface area contributed by atoms with Crippen LogP contribution < -0.4 is 9.47 Å². The zero-order valence-electron chi connectivity index (χ0n) is 12.0. The molecule has 1 atom stereocenters. The first-order valence-corrected chi connectivity index (χ1v) is 6.99. The molecule has 0 heterocycles. The second kappa shape index (κ2) is 6.67. The normalized spacial score (nSPS) is 12.0. The van der Waals surface area contributed by atoms with Crippen LogP contribution in [0.15, 0.2) is 42.5 Å². The van der Waals surface area contributed by atoms with Crippen LogP contribution in [0.4, 0.5) is 0 Å². The van der Waals surface area contributed by atoms with Gasteiger partial charge in [-0.15, -0.1) is 11.6 Å². The van der Waals surface area contributed by atoms with Gasteiger partial charge in [0.1, 0.15) is 11.5 Å². The first-order valence-electron chi connectivity index (χ1n) is 6.55. The Labute approximate surface area is 125 Å². The van der Waals surface area contributed by atoms with Crippen LogP contribution in [-0.4, -0.2) is 14.2 Å². The topological polar surface area (TPSA) is 18.5 Å². The summed E-state index contributed by atoms with van der Waals surface area (Å²) in [7, 11) is 3.34. The van der Waals surface area contributed by atoms with Crippen LogP contribution in [0.1, 0.15) is 22.1 Å². The van der Waals surface area contributed by atoms with Gasteiger partial charge in [0, 0.05) is 5.56 Å². The molecule has 0 saturated carbocycles. The van der Waals surface area contributed by atoms with Crippen molar-refractivity contribution in [3.8, 4) is 11.5 Å². The molecule has 0 saturated heterocycles. The van der Waals surface area contributed by atoms with Crippen molar-refractivity contribution in [3.63, 3.8) is 0 Å². The lowest BCUT2D eigenvalue weighted by molar-refractivity contribution is 0.408. The van der Waals surface area contributed by atoms with Crippen molar-refractivity contribution in [3.05, 3.63) is 59.2 Å². The van der Waals surface area contributed by atoms with Crippen molar-refractivity contribution in [1.29, 1.82) is 0 Å². The maximum Gasteiger partial charge on any atom is 0.123 e. The largest absolute Gasteiger partial charge is 0.497 e. The zero-order chi connectivity index (χ0) is 14.5. The Balaban J connectivity index is 2.23. The van der Waals surface area contributed by atoms with E-state index in [9.17, 15) is 0 Å². The molecule has 0 spiro atoms. The van der Waals surface area contributed by atoms with Crippen molar-refractivity contribution >= 4 is 11.6 Å². The van der Waals surface area contributed by atoms with E-state index in [2.05, 4.69) is 19.1 Å². The molecule has 0 N–H and O–H groups in total. The lowest BCUT2D eigenvalue weighted by Crippen LogP contribution is -2.00. The van der Waals surface area contributed by atoms with Crippen molar-refractivity contribution in [2.45, 2.75) is 18.7 Å². The van der Waals surface area contributed by atoms with Crippen molar-refractivity contribution in [1.82, 2.24) is 0 Å². The Morgan fingerprint density at radius 2 is 1.85 bits per heavy atom. The van der Waals surface area contributed by atoms with Gasteiger partial charge in [-0.1, -0.05) is 29.8 Å². The maximum atomic E-state index is 6.57. The molecule has 2 nitrogen and oxygen atoms in total. The maximum absolute atomic E-state index is 6.57. The summed E-state index contributed by atoms with van der Waals surface area (Å²) in [6.07, 6.45) is 0.735. The number of alkyl halides is 1. The number of hydrogen-bond acceptors (Lipinski definition) is 2. The summed E-state index contributed by atoms with van der Waals surface area (Å²) in [6, 6.07) is 14.0. The zero-order valence-corrected chi connectivity index (χ0v) is 12.8. The van der Waals surface area contributed by atoms with E-state index in [0.29, 0.717) is 0 Å². The molecule has 0 radical (unpaired) electrons. The Hall–Kier alpha value is -1.67. The number of halogens is 1. The van der Waals surface area contributed by atoms with E-state index in [1.54, 1.807) is 14.2 Å². The lowest BCUT2D eigenvalue weighted by atomic mass is 10.0. The van der Waals surface area contributed by atoms with Crippen molar-refractivity contribution in [2.75, 3.05) is 14.2 Å². The van der Waals surface area contributed by atoms with E-state index >= 15 is 0 Å². The molecule has 0 bridgehead atoms. The molecule has 106 valence electrons. The average Bonchev–Trinajstić information content (AvgIpc) is 2.47. The van der Waals surface area contributed by atoms with Gasteiger partial charge in [0.25, 0.3) is 0 Å². The molecule has 3 heteroatoms. The number of methoxy groups -OCH3 is 2. The fraction of sp³-hybridized carbons (Fsp3) is 0.294. The fourth-order valence-electron chi connectivity index (χ4n) is 2.21. The fourth-order valence-corrected chi connectivity index (χ4v) is 2.56. The minimum Gasteiger partial charge on any atom is -0.497 e. The first kappa shape index (κ1) is 14.7. The highest BCUT2D eigenvalue weighted by atomic mass is 35.5. The second-order valence-corrected chi connectivity index (χ2v) is 5.30. The van der Waals surface area contributed by atoms with Gasteiger partial charge < -0.3 is 9.47 Å². The Kier molecular flexibility index (Phi) is 4.91. The number of ether oxygens (including phenoxy) is 2. The minimum absolute atomic E-state index is 0.128. The van der Waals surface area contributed by atoms with E-state index < -0.39 is 0 Å². The molecule has 2 aromatic rings. The van der Waals surface area contributed by atoms with Crippen LogP contribution in [-0.2, 0) is 6.42 Å². The van der Waals surface area contributed by atoms with E-state index in [1.807, 2.05) is 30.3 Å².